The summed E-state index contributed by atoms with van der Waals surface area (Å²) in [7, 11) is 0. The van der Waals surface area contributed by atoms with Gasteiger partial charge in [-0.3, -0.25) is 14.4 Å². The van der Waals surface area contributed by atoms with Gasteiger partial charge in [0.05, 0.1) is 12.0 Å². The van der Waals surface area contributed by atoms with Crippen molar-refractivity contribution in [3.8, 4) is 0 Å². The summed E-state index contributed by atoms with van der Waals surface area (Å²) in [6.45, 7) is 19.5. The number of carbonyl (C=O) groups excluding carboxylic acids is 3. The number of aliphatic hydroxyl groups excluding tert-OH is 1. The number of rotatable bonds is 4. The Hall–Kier alpha value is -1.69. The molecule has 5 rings (SSSR count). The minimum absolute atomic E-state index is 0.0271. The van der Waals surface area contributed by atoms with E-state index < -0.39 is 5.41 Å². The van der Waals surface area contributed by atoms with Gasteiger partial charge in [0.1, 0.15) is 6.10 Å². The maximum Gasteiger partial charge on any atom is 0.302 e. The molecule has 0 bridgehead atoms. The van der Waals surface area contributed by atoms with E-state index in [4.69, 9.17) is 4.74 Å². The number of nitrogens with one attached hydrogen (secondary N) is 1. The molecule has 0 aromatic heterocycles. The first kappa shape index (κ1) is 30.8. The van der Waals surface area contributed by atoms with Crippen LogP contribution in [0.1, 0.15) is 114 Å². The maximum atomic E-state index is 14.6. The lowest BCUT2D eigenvalue weighted by molar-refractivity contribution is -0.211. The van der Waals surface area contributed by atoms with Gasteiger partial charge in [-0.25, -0.2) is 0 Å². The minimum atomic E-state index is -0.532. The molecule has 0 aliphatic heterocycles. The molecular weight excluding hydrogens is 514 g/mol. The zero-order chi connectivity index (χ0) is 30.3. The highest BCUT2D eigenvalue weighted by molar-refractivity contribution is 5.96. The molecule has 11 atom stereocenters. The van der Waals surface area contributed by atoms with Crippen molar-refractivity contribution in [3.63, 3.8) is 0 Å². The Balaban J connectivity index is 1.59. The van der Waals surface area contributed by atoms with Crippen LogP contribution >= 0.6 is 0 Å². The van der Waals surface area contributed by atoms with Crippen LogP contribution in [0.15, 0.2) is 11.6 Å². The zero-order valence-electron chi connectivity index (χ0n) is 27.1. The number of ether oxygens (including phenoxy) is 1. The SMILES string of the molecule is CC(=O)O[C@H]1CC[C@@]2(C)C(CC[C@]3(C)C2C(=O)C=C2C4[C@@H](C)[C@H](C)CC[C@]4(C(=O)NC(C)CO)CC[C@]23C)C1(C)C. The number of allylic oxidation sites excluding steroid dienone is 2. The Kier molecular flexibility index (Phi) is 7.44. The fourth-order valence-corrected chi connectivity index (χ4v) is 11.5. The van der Waals surface area contributed by atoms with Crippen molar-refractivity contribution < 1.29 is 24.2 Å². The van der Waals surface area contributed by atoms with Gasteiger partial charge >= 0.3 is 5.97 Å². The van der Waals surface area contributed by atoms with E-state index in [0.29, 0.717) is 11.8 Å². The van der Waals surface area contributed by atoms with E-state index in [9.17, 15) is 19.5 Å². The average Bonchev–Trinajstić information content (AvgIpc) is 2.88. The molecule has 5 aliphatic carbocycles. The average molecular weight is 570 g/mol. The number of hydrogen-bond donors (Lipinski definition) is 2. The lowest BCUT2D eigenvalue weighted by Crippen LogP contribution is -2.68. The smallest absolute Gasteiger partial charge is 0.302 e. The third kappa shape index (κ3) is 4.15. The predicted octanol–water partition coefficient (Wildman–Crippen LogP) is 6.25. The molecule has 0 spiro atoms. The van der Waals surface area contributed by atoms with Crippen LogP contribution in [-0.4, -0.2) is 41.5 Å². The Labute approximate surface area is 247 Å². The first-order valence-electron chi connectivity index (χ1n) is 16.3. The van der Waals surface area contributed by atoms with Gasteiger partial charge in [0, 0.05) is 24.3 Å². The molecule has 4 fully saturated rings. The standard InChI is InChI=1S/C35H55NO5/c1-20-10-15-35(30(40)36-21(2)19-37)17-16-33(8)24(28(35)22(20)3)18-25(39)29-32(7)13-12-27(41-23(4)38)31(5,6)26(32)11-14-34(29,33)9/h18,20-22,26-29,37H,10-17,19H2,1-9H3,(H,36,40)/t20-,21?,22+,26?,27+,28?,29?,32+,33-,34-,35+/m1/s1. The summed E-state index contributed by atoms with van der Waals surface area (Å²) < 4.78 is 5.85. The second-order valence-electron chi connectivity index (χ2n) is 16.3. The van der Waals surface area contributed by atoms with Crippen LogP contribution in [-0.2, 0) is 19.1 Å². The van der Waals surface area contributed by atoms with E-state index >= 15 is 0 Å². The van der Waals surface area contributed by atoms with Crippen LogP contribution in [0.5, 0.6) is 0 Å². The molecule has 5 aliphatic rings. The fraction of sp³-hybridized carbons (Fsp3) is 0.857. The van der Waals surface area contributed by atoms with Crippen molar-refractivity contribution in [3.05, 3.63) is 11.6 Å². The number of aliphatic hydroxyl groups is 1. The monoisotopic (exact) mass is 569 g/mol. The van der Waals surface area contributed by atoms with E-state index in [-0.39, 0.29) is 75.8 Å². The van der Waals surface area contributed by atoms with Gasteiger partial charge in [0.15, 0.2) is 5.78 Å². The molecule has 230 valence electrons. The summed E-state index contributed by atoms with van der Waals surface area (Å²) in [5.41, 5.74) is -0.0576. The second kappa shape index (κ2) is 9.92. The van der Waals surface area contributed by atoms with E-state index in [2.05, 4.69) is 53.8 Å². The molecule has 0 saturated heterocycles. The highest BCUT2D eigenvalue weighted by Gasteiger charge is 2.71. The Morgan fingerprint density at radius 3 is 2.34 bits per heavy atom. The van der Waals surface area contributed by atoms with Crippen LogP contribution in [0.4, 0.5) is 0 Å². The van der Waals surface area contributed by atoms with Crippen molar-refractivity contribution in [2.75, 3.05) is 6.61 Å². The van der Waals surface area contributed by atoms with Crippen molar-refractivity contribution in [2.45, 2.75) is 126 Å². The van der Waals surface area contributed by atoms with Crippen molar-refractivity contribution in [1.29, 1.82) is 0 Å². The quantitative estimate of drug-likeness (QED) is 0.390. The van der Waals surface area contributed by atoms with Crippen LogP contribution in [0.3, 0.4) is 0 Å². The van der Waals surface area contributed by atoms with Gasteiger partial charge in [0.2, 0.25) is 5.91 Å². The largest absolute Gasteiger partial charge is 0.462 e. The summed E-state index contributed by atoms with van der Waals surface area (Å²) in [4.78, 5) is 40.6. The summed E-state index contributed by atoms with van der Waals surface area (Å²) in [6.07, 6.45) is 9.12. The van der Waals surface area contributed by atoms with Gasteiger partial charge in [-0.05, 0) is 104 Å². The Morgan fingerprint density at radius 1 is 1.02 bits per heavy atom. The summed E-state index contributed by atoms with van der Waals surface area (Å²) in [6, 6.07) is -0.287. The molecule has 0 heterocycles. The van der Waals surface area contributed by atoms with Crippen LogP contribution < -0.4 is 5.32 Å². The highest BCUT2D eigenvalue weighted by atomic mass is 16.5. The van der Waals surface area contributed by atoms with Gasteiger partial charge in [-0.15, -0.1) is 0 Å². The molecule has 2 N–H and O–H groups in total. The maximum absolute atomic E-state index is 14.6. The molecular formula is C35H55NO5. The molecule has 4 unspecified atom stereocenters. The van der Waals surface area contributed by atoms with Gasteiger partial charge in [0.25, 0.3) is 0 Å². The van der Waals surface area contributed by atoms with Gasteiger partial charge in [-0.1, -0.05) is 54.0 Å². The molecule has 4 saturated carbocycles. The van der Waals surface area contributed by atoms with E-state index in [1.807, 2.05) is 13.0 Å². The molecule has 41 heavy (non-hydrogen) atoms. The third-order valence-corrected chi connectivity index (χ3v) is 14.1. The number of ketones is 1. The molecule has 0 radical (unpaired) electrons. The number of fused-ring (bicyclic) bond motifs is 7. The molecule has 6 nitrogen and oxygen atoms in total. The van der Waals surface area contributed by atoms with E-state index in [1.165, 1.54) is 12.5 Å². The van der Waals surface area contributed by atoms with Gasteiger partial charge < -0.3 is 15.2 Å². The van der Waals surface area contributed by atoms with Crippen molar-refractivity contribution in [1.82, 2.24) is 5.32 Å². The highest BCUT2D eigenvalue weighted by Crippen LogP contribution is 2.75. The first-order chi connectivity index (χ1) is 19.0. The molecule has 1 amide bonds. The Morgan fingerprint density at radius 2 is 1.71 bits per heavy atom. The number of carbonyl (C=O) groups is 3. The lowest BCUT2D eigenvalue weighted by Gasteiger charge is -2.70. The van der Waals surface area contributed by atoms with Crippen LogP contribution in [0.25, 0.3) is 0 Å². The Bertz CT molecular complexity index is 1140. The number of hydrogen-bond acceptors (Lipinski definition) is 5. The summed E-state index contributed by atoms with van der Waals surface area (Å²) in [5.74, 6) is 1.08. The predicted molar refractivity (Wildman–Crippen MR) is 160 cm³/mol. The number of amides is 1. The normalized spacial score (nSPS) is 47.5. The molecule has 0 aromatic rings. The lowest BCUT2D eigenvalue weighted by atomic mass is 9.33. The number of esters is 1. The fourth-order valence-electron chi connectivity index (χ4n) is 11.5. The second-order valence-corrected chi connectivity index (χ2v) is 16.3. The molecule has 6 heteroatoms. The minimum Gasteiger partial charge on any atom is -0.462 e. The molecule has 0 aromatic carbocycles. The zero-order valence-corrected chi connectivity index (χ0v) is 27.1. The third-order valence-electron chi connectivity index (χ3n) is 14.1. The first-order valence-corrected chi connectivity index (χ1v) is 16.3. The van der Waals surface area contributed by atoms with Crippen LogP contribution in [0, 0.1) is 56.7 Å². The van der Waals surface area contributed by atoms with Gasteiger partial charge in [-0.2, -0.15) is 0 Å². The van der Waals surface area contributed by atoms with Crippen molar-refractivity contribution in [2.24, 2.45) is 56.7 Å². The topological polar surface area (TPSA) is 92.7 Å². The van der Waals surface area contributed by atoms with Crippen LogP contribution in [0.2, 0.25) is 0 Å². The van der Waals surface area contributed by atoms with Crippen molar-refractivity contribution >= 4 is 17.7 Å². The summed E-state index contributed by atoms with van der Waals surface area (Å²) in [5, 5.41) is 12.9. The summed E-state index contributed by atoms with van der Waals surface area (Å²) >= 11 is 0. The van der Waals surface area contributed by atoms with E-state index in [1.54, 1.807) is 0 Å². The van der Waals surface area contributed by atoms with E-state index in [0.717, 1.165) is 51.4 Å².